The third-order valence-corrected chi connectivity index (χ3v) is 6.77. The summed E-state index contributed by atoms with van der Waals surface area (Å²) in [5.41, 5.74) is 1.05. The number of thiophene rings is 1. The molecule has 0 radical (unpaired) electrons. The number of aliphatic hydroxyl groups excluding tert-OH is 1. The number of ketones is 1. The van der Waals surface area contributed by atoms with Crippen LogP contribution in [0.4, 0.5) is 5.13 Å². The lowest BCUT2D eigenvalue weighted by atomic mass is 9.96. The summed E-state index contributed by atoms with van der Waals surface area (Å²) in [5.74, 6) is -2.30. The predicted octanol–water partition coefficient (Wildman–Crippen LogP) is 4.47. The molecule has 0 aliphatic carbocycles. The molecule has 1 aliphatic rings. The highest BCUT2D eigenvalue weighted by molar-refractivity contribution is 7.17. The fraction of sp³-hybridized carbons (Fsp3) is 0.182. The maximum Gasteiger partial charge on any atom is 0.350 e. The van der Waals surface area contributed by atoms with Gasteiger partial charge in [0, 0.05) is 0 Å². The first-order valence-corrected chi connectivity index (χ1v) is 11.2. The van der Waals surface area contributed by atoms with Crippen LogP contribution in [0.2, 0.25) is 0 Å². The number of hydrogen-bond acceptors (Lipinski definition) is 8. The van der Waals surface area contributed by atoms with E-state index in [1.807, 2.05) is 6.07 Å². The summed E-state index contributed by atoms with van der Waals surface area (Å²) >= 11 is 2.23. The maximum absolute atomic E-state index is 13.2. The Balaban J connectivity index is 1.83. The van der Waals surface area contributed by atoms with Gasteiger partial charge in [-0.25, -0.2) is 9.78 Å². The van der Waals surface area contributed by atoms with Gasteiger partial charge in [-0.1, -0.05) is 47.7 Å². The Morgan fingerprint density at radius 3 is 2.58 bits per heavy atom. The van der Waals surface area contributed by atoms with Gasteiger partial charge < -0.3 is 9.84 Å². The monoisotopic (exact) mass is 454 g/mol. The Hall–Kier alpha value is -3.30. The van der Waals surface area contributed by atoms with E-state index in [0.717, 1.165) is 11.3 Å². The van der Waals surface area contributed by atoms with Crippen molar-refractivity contribution in [2.24, 2.45) is 0 Å². The zero-order chi connectivity index (χ0) is 22.1. The van der Waals surface area contributed by atoms with Crippen LogP contribution in [-0.4, -0.2) is 34.4 Å². The molecule has 0 unspecified atom stereocenters. The summed E-state index contributed by atoms with van der Waals surface area (Å²) < 4.78 is 5.07. The molecule has 0 fully saturated rings. The van der Waals surface area contributed by atoms with Crippen molar-refractivity contribution in [2.45, 2.75) is 19.9 Å². The molecule has 2 aromatic heterocycles. The summed E-state index contributed by atoms with van der Waals surface area (Å²) in [6.07, 6.45) is 0. The highest BCUT2D eigenvalue weighted by Crippen LogP contribution is 2.44. The molecule has 1 aromatic carbocycles. The molecule has 0 bridgehead atoms. The summed E-state index contributed by atoms with van der Waals surface area (Å²) in [7, 11) is 0. The maximum atomic E-state index is 13.2. The van der Waals surface area contributed by atoms with Crippen LogP contribution in [0.1, 0.15) is 43.6 Å². The van der Waals surface area contributed by atoms with Crippen molar-refractivity contribution in [1.82, 2.24) is 4.98 Å². The van der Waals surface area contributed by atoms with Gasteiger partial charge in [0.25, 0.3) is 5.91 Å². The summed E-state index contributed by atoms with van der Waals surface area (Å²) in [5, 5.41) is 12.7. The molecule has 7 nitrogen and oxygen atoms in total. The lowest BCUT2D eigenvalue weighted by Gasteiger charge is -2.24. The number of anilines is 1. The third-order valence-electron chi connectivity index (χ3n) is 4.77. The molecule has 1 atom stereocenters. The van der Waals surface area contributed by atoms with Crippen molar-refractivity contribution in [3.8, 4) is 0 Å². The normalized spacial score (nSPS) is 16.1. The number of aliphatic hydroxyl groups is 1. The Morgan fingerprint density at radius 1 is 1.19 bits per heavy atom. The van der Waals surface area contributed by atoms with E-state index < -0.39 is 29.5 Å². The molecule has 0 saturated carbocycles. The van der Waals surface area contributed by atoms with Gasteiger partial charge in [-0.05, 0) is 30.9 Å². The van der Waals surface area contributed by atoms with Crippen LogP contribution in [0.3, 0.4) is 0 Å². The number of Topliss-reactive ketones (excluding diaryl/α,β-unsaturated/α-hetero) is 1. The average molecular weight is 455 g/mol. The van der Waals surface area contributed by atoms with E-state index in [1.165, 1.54) is 16.2 Å². The summed E-state index contributed by atoms with van der Waals surface area (Å²) in [6, 6.07) is 11.5. The fourth-order valence-corrected chi connectivity index (χ4v) is 5.06. The second-order valence-corrected chi connectivity index (χ2v) is 8.61. The number of nitrogens with zero attached hydrogens (tertiary/aromatic N) is 2. The van der Waals surface area contributed by atoms with E-state index in [-0.39, 0.29) is 22.2 Å². The van der Waals surface area contributed by atoms with Gasteiger partial charge in [0.1, 0.15) is 4.88 Å². The molecule has 9 heteroatoms. The number of carbonyl (C=O) groups excluding carboxylic acids is 3. The molecule has 0 spiro atoms. The number of benzene rings is 1. The van der Waals surface area contributed by atoms with E-state index in [4.69, 9.17) is 4.74 Å². The zero-order valence-corrected chi connectivity index (χ0v) is 18.3. The molecule has 0 saturated heterocycles. The number of carbonyl (C=O) groups is 3. The molecule has 158 valence electrons. The van der Waals surface area contributed by atoms with Crippen LogP contribution >= 0.6 is 22.7 Å². The van der Waals surface area contributed by atoms with Crippen molar-refractivity contribution >= 4 is 45.5 Å². The highest BCUT2D eigenvalue weighted by Gasteiger charge is 2.46. The van der Waals surface area contributed by atoms with Crippen LogP contribution in [0.25, 0.3) is 0 Å². The van der Waals surface area contributed by atoms with E-state index in [2.05, 4.69) is 4.98 Å². The Bertz CT molecular complexity index is 1180. The van der Waals surface area contributed by atoms with Crippen LogP contribution in [0.15, 0.2) is 59.2 Å². The number of amides is 1. The van der Waals surface area contributed by atoms with Crippen molar-refractivity contribution in [1.29, 1.82) is 0 Å². The molecule has 1 N–H and O–H groups in total. The van der Waals surface area contributed by atoms with Gasteiger partial charge >= 0.3 is 5.97 Å². The van der Waals surface area contributed by atoms with Gasteiger partial charge in [0.15, 0.2) is 10.9 Å². The number of aryl methyl sites for hydroxylation is 1. The molecule has 1 aliphatic heterocycles. The van der Waals surface area contributed by atoms with Crippen LogP contribution in [0, 0.1) is 6.92 Å². The van der Waals surface area contributed by atoms with Gasteiger partial charge in [0.05, 0.1) is 28.8 Å². The Kier molecular flexibility index (Phi) is 5.71. The molecule has 4 rings (SSSR count). The lowest BCUT2D eigenvalue weighted by Crippen LogP contribution is -2.30. The largest absolute Gasteiger partial charge is 0.503 e. The molecule has 3 heterocycles. The van der Waals surface area contributed by atoms with Crippen molar-refractivity contribution in [3.05, 3.63) is 80.2 Å². The van der Waals surface area contributed by atoms with Crippen molar-refractivity contribution in [3.63, 3.8) is 0 Å². The minimum atomic E-state index is -0.871. The first kappa shape index (κ1) is 21.0. The number of thiazole rings is 1. The topological polar surface area (TPSA) is 96.8 Å². The van der Waals surface area contributed by atoms with E-state index in [0.29, 0.717) is 16.1 Å². The number of esters is 1. The second kappa shape index (κ2) is 8.44. The number of hydrogen-bond donors (Lipinski definition) is 1. The molecule has 31 heavy (non-hydrogen) atoms. The third kappa shape index (κ3) is 3.66. The predicted molar refractivity (Wildman–Crippen MR) is 118 cm³/mol. The van der Waals surface area contributed by atoms with Crippen LogP contribution in [0.5, 0.6) is 0 Å². The van der Waals surface area contributed by atoms with E-state index in [1.54, 1.807) is 55.6 Å². The van der Waals surface area contributed by atoms with Gasteiger partial charge in [0.2, 0.25) is 5.78 Å². The van der Waals surface area contributed by atoms with E-state index in [9.17, 15) is 19.5 Å². The highest BCUT2D eigenvalue weighted by atomic mass is 32.1. The fourth-order valence-electron chi connectivity index (χ4n) is 3.40. The van der Waals surface area contributed by atoms with Gasteiger partial charge in [-0.15, -0.1) is 11.3 Å². The minimum absolute atomic E-state index is 0.0100. The first-order valence-electron chi connectivity index (χ1n) is 9.48. The van der Waals surface area contributed by atoms with Crippen molar-refractivity contribution in [2.75, 3.05) is 11.5 Å². The first-order chi connectivity index (χ1) is 14.9. The Morgan fingerprint density at radius 2 is 1.94 bits per heavy atom. The van der Waals surface area contributed by atoms with Crippen molar-refractivity contribution < 1.29 is 24.2 Å². The number of ether oxygens (including phenoxy) is 1. The molecule has 1 amide bonds. The quantitative estimate of drug-likeness (QED) is 0.436. The SMILES string of the molecule is CCOC(=O)c1sc(N2C(=O)C(O)=C(C(=O)c3cccs3)[C@H]2c2ccccc2)nc1C. The summed E-state index contributed by atoms with van der Waals surface area (Å²) in [4.78, 5) is 44.9. The average Bonchev–Trinajstić information content (AvgIpc) is 3.48. The zero-order valence-electron chi connectivity index (χ0n) is 16.7. The molecular formula is C22H18N2O5S2. The number of rotatable bonds is 6. The van der Waals surface area contributed by atoms with Crippen LogP contribution in [-0.2, 0) is 9.53 Å². The second-order valence-electron chi connectivity index (χ2n) is 6.69. The van der Waals surface area contributed by atoms with Crippen LogP contribution < -0.4 is 4.90 Å². The minimum Gasteiger partial charge on any atom is -0.503 e. The van der Waals surface area contributed by atoms with Gasteiger partial charge in [-0.2, -0.15) is 0 Å². The summed E-state index contributed by atoms with van der Waals surface area (Å²) in [6.45, 7) is 3.56. The standard InChI is InChI=1S/C22H18N2O5S2/c1-3-29-21(28)19-12(2)23-22(31-19)24-16(13-8-5-4-6-9-13)15(18(26)20(24)27)17(25)14-10-7-11-30-14/h4-11,16,26H,3H2,1-2H3/t16-/m1/s1. The number of aromatic nitrogens is 1. The Labute approximate surface area is 186 Å². The smallest absolute Gasteiger partial charge is 0.350 e. The lowest BCUT2D eigenvalue weighted by molar-refractivity contribution is -0.117. The molecular weight excluding hydrogens is 436 g/mol. The molecule has 3 aromatic rings. The van der Waals surface area contributed by atoms with E-state index >= 15 is 0 Å². The van der Waals surface area contributed by atoms with Gasteiger partial charge in [-0.3, -0.25) is 14.5 Å².